The molecule has 1 fully saturated rings. The third-order valence-corrected chi connectivity index (χ3v) is 6.16. The predicted octanol–water partition coefficient (Wildman–Crippen LogP) is 3.60. The highest BCUT2D eigenvalue weighted by molar-refractivity contribution is 9.10. The number of hydrogen-bond donors (Lipinski definition) is 1. The molecule has 0 bridgehead atoms. The summed E-state index contributed by atoms with van der Waals surface area (Å²) in [5.74, 6) is 0.0490. The van der Waals surface area contributed by atoms with E-state index in [-0.39, 0.29) is 17.9 Å². The summed E-state index contributed by atoms with van der Waals surface area (Å²) >= 11 is 4.96. The summed E-state index contributed by atoms with van der Waals surface area (Å²) in [4.78, 5) is 29.8. The van der Waals surface area contributed by atoms with Crippen molar-refractivity contribution in [3.05, 3.63) is 50.6 Å². The summed E-state index contributed by atoms with van der Waals surface area (Å²) in [7, 11) is 0. The van der Waals surface area contributed by atoms with Crippen LogP contribution in [0.3, 0.4) is 0 Å². The van der Waals surface area contributed by atoms with E-state index in [4.69, 9.17) is 0 Å². The minimum Gasteiger partial charge on any atom is -0.335 e. The van der Waals surface area contributed by atoms with E-state index in [1.54, 1.807) is 0 Å². The van der Waals surface area contributed by atoms with E-state index >= 15 is 0 Å². The number of carbonyl (C=O) groups excluding carboxylic acids is 2. The molecule has 2 aromatic rings. The number of benzene rings is 1. The van der Waals surface area contributed by atoms with Crippen molar-refractivity contribution >= 4 is 44.8 Å². The van der Waals surface area contributed by atoms with Gasteiger partial charge in [-0.05, 0) is 58.9 Å². The Morgan fingerprint density at radius 1 is 1.19 bits per heavy atom. The van der Waals surface area contributed by atoms with Gasteiger partial charge in [-0.15, -0.1) is 11.3 Å². The number of nitrogens with one attached hydrogen (secondary N) is 1. The maximum absolute atomic E-state index is 12.6. The van der Waals surface area contributed by atoms with Crippen molar-refractivity contribution in [1.82, 2.24) is 9.80 Å². The van der Waals surface area contributed by atoms with Crippen molar-refractivity contribution in [1.29, 1.82) is 0 Å². The molecule has 3 rings (SSSR count). The molecule has 138 valence electrons. The van der Waals surface area contributed by atoms with Crippen molar-refractivity contribution in [3.63, 3.8) is 0 Å². The summed E-state index contributed by atoms with van der Waals surface area (Å²) in [5, 5.41) is 4.90. The van der Waals surface area contributed by atoms with Crippen molar-refractivity contribution in [2.45, 2.75) is 19.9 Å². The van der Waals surface area contributed by atoms with Crippen molar-refractivity contribution in [2.75, 3.05) is 31.5 Å². The van der Waals surface area contributed by atoms with Crippen molar-refractivity contribution in [2.24, 2.45) is 0 Å². The van der Waals surface area contributed by atoms with Gasteiger partial charge in [-0.25, -0.2) is 0 Å². The van der Waals surface area contributed by atoms with Gasteiger partial charge in [0.2, 0.25) is 5.91 Å². The van der Waals surface area contributed by atoms with Crippen LogP contribution < -0.4 is 5.32 Å². The molecular formula is C19H22BrN3O2S. The molecule has 2 amide bonds. The van der Waals surface area contributed by atoms with E-state index in [1.165, 1.54) is 11.3 Å². The lowest BCUT2D eigenvalue weighted by molar-refractivity contribution is -0.121. The van der Waals surface area contributed by atoms with Gasteiger partial charge in [-0.3, -0.25) is 14.5 Å². The first-order chi connectivity index (χ1) is 12.5. The summed E-state index contributed by atoms with van der Waals surface area (Å²) in [6.07, 6.45) is 0. The molecular weight excluding hydrogens is 414 g/mol. The lowest BCUT2D eigenvalue weighted by atomic mass is 10.2. The molecule has 1 aromatic heterocycles. The molecule has 26 heavy (non-hydrogen) atoms. The molecule has 0 saturated carbocycles. The maximum atomic E-state index is 12.6. The van der Waals surface area contributed by atoms with Gasteiger partial charge in [-0.2, -0.15) is 0 Å². The van der Waals surface area contributed by atoms with Crippen LogP contribution in [0.25, 0.3) is 0 Å². The van der Waals surface area contributed by atoms with Crippen LogP contribution in [0, 0.1) is 6.92 Å². The molecule has 1 aliphatic heterocycles. The number of halogens is 1. The van der Waals surface area contributed by atoms with Gasteiger partial charge in [0, 0.05) is 30.7 Å². The van der Waals surface area contributed by atoms with Gasteiger partial charge < -0.3 is 10.2 Å². The Morgan fingerprint density at radius 2 is 1.92 bits per heavy atom. The molecule has 0 unspecified atom stereocenters. The predicted molar refractivity (Wildman–Crippen MR) is 109 cm³/mol. The van der Waals surface area contributed by atoms with E-state index < -0.39 is 0 Å². The van der Waals surface area contributed by atoms with E-state index in [1.807, 2.05) is 54.5 Å². The highest BCUT2D eigenvalue weighted by Gasteiger charge is 2.28. The second-order valence-electron chi connectivity index (χ2n) is 6.45. The molecule has 2 heterocycles. The maximum Gasteiger partial charge on any atom is 0.264 e. The molecule has 1 aliphatic rings. The third-order valence-electron chi connectivity index (χ3n) is 4.64. The number of rotatable bonds is 4. The van der Waals surface area contributed by atoms with Gasteiger partial charge in [-0.1, -0.05) is 12.1 Å². The number of nitrogens with zero attached hydrogens (tertiary/aromatic N) is 2. The molecule has 1 N–H and O–H groups in total. The number of piperazine rings is 1. The van der Waals surface area contributed by atoms with Crippen LogP contribution in [0.5, 0.6) is 0 Å². The van der Waals surface area contributed by atoms with Gasteiger partial charge in [0.15, 0.2) is 0 Å². The van der Waals surface area contributed by atoms with Crippen molar-refractivity contribution < 1.29 is 9.59 Å². The number of hydrogen-bond acceptors (Lipinski definition) is 4. The van der Waals surface area contributed by atoms with Crippen LogP contribution in [0.2, 0.25) is 0 Å². The molecule has 0 radical (unpaired) electrons. The third kappa shape index (κ3) is 4.34. The second-order valence-corrected chi connectivity index (χ2v) is 8.26. The van der Waals surface area contributed by atoms with Crippen LogP contribution in [0.4, 0.5) is 5.69 Å². The fourth-order valence-electron chi connectivity index (χ4n) is 2.99. The Morgan fingerprint density at radius 3 is 2.54 bits per heavy atom. The van der Waals surface area contributed by atoms with E-state index in [0.717, 1.165) is 20.6 Å². The normalized spacial score (nSPS) is 16.3. The summed E-state index contributed by atoms with van der Waals surface area (Å²) in [6, 6.07) is 9.36. The average Bonchev–Trinajstić information content (AvgIpc) is 3.17. The van der Waals surface area contributed by atoms with Crippen LogP contribution >= 0.6 is 27.3 Å². The summed E-state index contributed by atoms with van der Waals surface area (Å²) in [6.45, 7) is 6.59. The smallest absolute Gasteiger partial charge is 0.264 e. The SMILES string of the molecule is Cc1ccc(NC(=O)[C@H](C)N2CCN(C(=O)c3cccs3)CC2)c(Br)c1. The second kappa shape index (κ2) is 8.33. The molecule has 0 aliphatic carbocycles. The van der Waals surface area contributed by atoms with Crippen LogP contribution in [-0.2, 0) is 4.79 Å². The standard InChI is InChI=1S/C19H22BrN3O2S/c1-13-5-6-16(15(20)12-13)21-18(24)14(2)22-7-9-23(10-8-22)19(25)17-4-3-11-26-17/h3-6,11-12,14H,7-10H2,1-2H3,(H,21,24)/t14-/m0/s1. The summed E-state index contributed by atoms with van der Waals surface area (Å²) in [5.41, 5.74) is 1.91. The first-order valence-electron chi connectivity index (χ1n) is 8.59. The van der Waals surface area contributed by atoms with Gasteiger partial charge in [0.05, 0.1) is 16.6 Å². The van der Waals surface area contributed by atoms with Crippen LogP contribution in [0.15, 0.2) is 40.2 Å². The molecule has 0 spiro atoms. The number of amides is 2. The number of aryl methyl sites for hydroxylation is 1. The number of anilines is 1. The number of carbonyl (C=O) groups is 2. The first-order valence-corrected chi connectivity index (χ1v) is 10.3. The Balaban J connectivity index is 1.55. The minimum absolute atomic E-state index is 0.0346. The zero-order chi connectivity index (χ0) is 18.7. The summed E-state index contributed by atoms with van der Waals surface area (Å²) < 4.78 is 0.879. The average molecular weight is 436 g/mol. The van der Waals surface area contributed by atoms with E-state index in [9.17, 15) is 9.59 Å². The fraction of sp³-hybridized carbons (Fsp3) is 0.368. The van der Waals surface area contributed by atoms with Crippen LogP contribution in [-0.4, -0.2) is 53.8 Å². The lowest BCUT2D eigenvalue weighted by Crippen LogP contribution is -2.53. The molecule has 5 nitrogen and oxygen atoms in total. The molecule has 1 atom stereocenters. The highest BCUT2D eigenvalue weighted by Crippen LogP contribution is 2.24. The highest BCUT2D eigenvalue weighted by atomic mass is 79.9. The zero-order valence-electron chi connectivity index (χ0n) is 14.9. The Bertz CT molecular complexity index is 786. The topological polar surface area (TPSA) is 52.7 Å². The van der Waals surface area contributed by atoms with E-state index in [0.29, 0.717) is 26.2 Å². The van der Waals surface area contributed by atoms with Crippen LogP contribution in [0.1, 0.15) is 22.2 Å². The fourth-order valence-corrected chi connectivity index (χ4v) is 4.28. The molecule has 1 saturated heterocycles. The van der Waals surface area contributed by atoms with Gasteiger partial charge in [0.25, 0.3) is 5.91 Å². The van der Waals surface area contributed by atoms with E-state index in [2.05, 4.69) is 26.1 Å². The largest absolute Gasteiger partial charge is 0.335 e. The zero-order valence-corrected chi connectivity index (χ0v) is 17.3. The Kier molecular flexibility index (Phi) is 6.11. The van der Waals surface area contributed by atoms with Crippen molar-refractivity contribution in [3.8, 4) is 0 Å². The first kappa shape index (κ1) is 19.1. The number of thiophene rings is 1. The molecule has 1 aromatic carbocycles. The van der Waals surface area contributed by atoms with Gasteiger partial charge in [0.1, 0.15) is 0 Å². The Hall–Kier alpha value is -1.70. The van der Waals surface area contributed by atoms with Gasteiger partial charge >= 0.3 is 0 Å². The lowest BCUT2D eigenvalue weighted by Gasteiger charge is -2.37. The Labute approximate surface area is 166 Å². The minimum atomic E-state index is -0.248. The quantitative estimate of drug-likeness (QED) is 0.797. The molecule has 7 heteroatoms. The monoisotopic (exact) mass is 435 g/mol.